The van der Waals surface area contributed by atoms with Crippen molar-refractivity contribution in [2.45, 2.75) is 19.9 Å². The molecule has 1 unspecified atom stereocenters. The highest BCUT2D eigenvalue weighted by molar-refractivity contribution is 5.91. The van der Waals surface area contributed by atoms with Gasteiger partial charge in [-0.1, -0.05) is 68.4 Å². The van der Waals surface area contributed by atoms with E-state index >= 15 is 0 Å². The molecule has 4 aromatic rings. The molecule has 5 nitrogen and oxygen atoms in total. The first-order valence-electron chi connectivity index (χ1n) is 9.93. The maximum atomic E-state index is 12.3. The number of aromatic amines is 1. The lowest BCUT2D eigenvalue weighted by Gasteiger charge is -2.17. The van der Waals surface area contributed by atoms with Crippen LogP contribution in [0.2, 0.25) is 0 Å². The second-order valence-corrected chi connectivity index (χ2v) is 7.38. The third-order valence-corrected chi connectivity index (χ3v) is 5.12. The first-order valence-corrected chi connectivity index (χ1v) is 9.93. The van der Waals surface area contributed by atoms with Crippen molar-refractivity contribution in [1.29, 1.82) is 0 Å². The van der Waals surface area contributed by atoms with Crippen molar-refractivity contribution in [2.75, 3.05) is 7.11 Å². The van der Waals surface area contributed by atoms with E-state index in [2.05, 4.69) is 43.1 Å². The van der Waals surface area contributed by atoms with E-state index < -0.39 is 0 Å². The molecule has 4 rings (SSSR count). The van der Waals surface area contributed by atoms with E-state index in [4.69, 9.17) is 15.8 Å². The van der Waals surface area contributed by atoms with Gasteiger partial charge in [0.05, 0.1) is 16.6 Å². The Kier molecular flexibility index (Phi) is 6.77. The SMILES string of the molecule is CC(C)C(N)c1ccc(-c2nc3cc[nH]c(=O)c3cc2-c2ccccc2)cc1.CO. The van der Waals surface area contributed by atoms with Crippen LogP contribution in [0.15, 0.2) is 77.7 Å². The molecule has 0 amide bonds. The van der Waals surface area contributed by atoms with E-state index in [1.807, 2.05) is 42.5 Å². The molecule has 0 aliphatic carbocycles. The zero-order valence-electron chi connectivity index (χ0n) is 17.5. The molecular formula is C25H27N3O2. The molecule has 2 aromatic heterocycles. The molecule has 0 spiro atoms. The Bertz CT molecular complexity index is 1170. The quantitative estimate of drug-likeness (QED) is 0.469. The van der Waals surface area contributed by atoms with Crippen molar-refractivity contribution >= 4 is 10.9 Å². The summed E-state index contributed by atoms with van der Waals surface area (Å²) in [4.78, 5) is 19.9. The summed E-state index contributed by atoms with van der Waals surface area (Å²) in [5, 5.41) is 7.59. The molecule has 0 saturated carbocycles. The lowest BCUT2D eigenvalue weighted by molar-refractivity contribution is 0.399. The summed E-state index contributed by atoms with van der Waals surface area (Å²) < 4.78 is 0. The third-order valence-electron chi connectivity index (χ3n) is 5.12. The fourth-order valence-corrected chi connectivity index (χ4v) is 3.42. The maximum Gasteiger partial charge on any atom is 0.257 e. The van der Waals surface area contributed by atoms with Crippen LogP contribution in [0.5, 0.6) is 0 Å². The van der Waals surface area contributed by atoms with Crippen molar-refractivity contribution < 1.29 is 5.11 Å². The minimum absolute atomic E-state index is 0.00534. The second kappa shape index (κ2) is 9.48. The number of nitrogens with one attached hydrogen (secondary N) is 1. The van der Waals surface area contributed by atoms with E-state index in [0.717, 1.165) is 35.1 Å². The van der Waals surface area contributed by atoms with Gasteiger partial charge < -0.3 is 15.8 Å². The highest BCUT2D eigenvalue weighted by Gasteiger charge is 2.14. The van der Waals surface area contributed by atoms with Crippen LogP contribution in [-0.2, 0) is 0 Å². The number of nitrogens with two attached hydrogens (primary N) is 1. The van der Waals surface area contributed by atoms with E-state index in [-0.39, 0.29) is 11.6 Å². The number of benzene rings is 2. The van der Waals surface area contributed by atoms with E-state index in [9.17, 15) is 4.79 Å². The van der Waals surface area contributed by atoms with Gasteiger partial charge in [-0.3, -0.25) is 4.79 Å². The summed E-state index contributed by atoms with van der Waals surface area (Å²) in [6, 6.07) is 22.1. The molecule has 0 fully saturated rings. The summed E-state index contributed by atoms with van der Waals surface area (Å²) in [5.41, 5.74) is 11.8. The van der Waals surface area contributed by atoms with Crippen molar-refractivity contribution in [3.05, 3.63) is 88.8 Å². The fourth-order valence-electron chi connectivity index (χ4n) is 3.42. The van der Waals surface area contributed by atoms with Crippen molar-refractivity contribution in [2.24, 2.45) is 11.7 Å². The van der Waals surface area contributed by atoms with E-state index in [1.165, 1.54) is 0 Å². The lowest BCUT2D eigenvalue weighted by atomic mass is 9.93. The highest BCUT2D eigenvalue weighted by atomic mass is 16.2. The van der Waals surface area contributed by atoms with Gasteiger partial charge in [0, 0.05) is 30.5 Å². The van der Waals surface area contributed by atoms with Crippen LogP contribution in [0, 0.1) is 5.92 Å². The number of hydrogen-bond acceptors (Lipinski definition) is 4. The topological polar surface area (TPSA) is 92.0 Å². The largest absolute Gasteiger partial charge is 0.400 e. The predicted octanol–water partition coefficient (Wildman–Crippen LogP) is 4.52. The average molecular weight is 402 g/mol. The van der Waals surface area contributed by atoms with Gasteiger partial charge in [0.25, 0.3) is 5.56 Å². The number of aliphatic hydroxyl groups is 1. The third kappa shape index (κ3) is 4.32. The molecule has 4 N–H and O–H groups in total. The standard InChI is InChI=1S/C24H23N3O.CH4O/c1-15(2)22(25)17-8-10-18(11-9-17)23-19(16-6-4-3-5-7-16)14-20-21(27-23)12-13-26-24(20)28;1-2/h3-15,22H,25H2,1-2H3,(H,26,28);2H,1H3. The van der Waals surface area contributed by atoms with Gasteiger partial charge in [-0.15, -0.1) is 0 Å². The molecule has 30 heavy (non-hydrogen) atoms. The van der Waals surface area contributed by atoms with Gasteiger partial charge >= 0.3 is 0 Å². The number of pyridine rings is 2. The van der Waals surface area contributed by atoms with Crippen molar-refractivity contribution in [3.8, 4) is 22.4 Å². The van der Waals surface area contributed by atoms with Crippen LogP contribution in [-0.4, -0.2) is 22.2 Å². The first kappa shape index (κ1) is 21.4. The summed E-state index contributed by atoms with van der Waals surface area (Å²) in [7, 11) is 1.00. The summed E-state index contributed by atoms with van der Waals surface area (Å²) in [6.45, 7) is 4.24. The van der Waals surface area contributed by atoms with Gasteiger partial charge in [-0.25, -0.2) is 4.98 Å². The predicted molar refractivity (Wildman–Crippen MR) is 123 cm³/mol. The Morgan fingerprint density at radius 2 is 1.60 bits per heavy atom. The van der Waals surface area contributed by atoms with Crippen LogP contribution >= 0.6 is 0 Å². The smallest absolute Gasteiger partial charge is 0.257 e. The molecule has 154 valence electrons. The Morgan fingerprint density at radius 3 is 2.23 bits per heavy atom. The van der Waals surface area contributed by atoms with Gasteiger partial charge in [0.15, 0.2) is 0 Å². The van der Waals surface area contributed by atoms with Crippen molar-refractivity contribution in [1.82, 2.24) is 9.97 Å². The molecule has 0 bridgehead atoms. The van der Waals surface area contributed by atoms with Crippen LogP contribution in [0.3, 0.4) is 0 Å². The second-order valence-electron chi connectivity index (χ2n) is 7.38. The van der Waals surface area contributed by atoms with E-state index in [0.29, 0.717) is 16.8 Å². The van der Waals surface area contributed by atoms with Crippen LogP contribution in [0.1, 0.15) is 25.5 Å². The Hall–Kier alpha value is -3.28. The van der Waals surface area contributed by atoms with Gasteiger partial charge in [0.2, 0.25) is 0 Å². The summed E-state index contributed by atoms with van der Waals surface area (Å²) in [5.74, 6) is 0.372. The Morgan fingerprint density at radius 1 is 0.933 bits per heavy atom. The van der Waals surface area contributed by atoms with Crippen LogP contribution < -0.4 is 11.3 Å². The molecule has 1 atom stereocenters. The minimum Gasteiger partial charge on any atom is -0.400 e. The lowest BCUT2D eigenvalue weighted by Crippen LogP contribution is -2.16. The molecule has 0 aliphatic rings. The number of aromatic nitrogens is 2. The minimum atomic E-state index is -0.132. The number of rotatable bonds is 4. The highest BCUT2D eigenvalue weighted by Crippen LogP contribution is 2.33. The number of nitrogens with zero attached hydrogens (tertiary/aromatic N) is 1. The molecule has 0 saturated heterocycles. The maximum absolute atomic E-state index is 12.3. The molecule has 2 aromatic carbocycles. The molecule has 0 aliphatic heterocycles. The molecule has 5 heteroatoms. The molecular weight excluding hydrogens is 374 g/mol. The monoisotopic (exact) mass is 401 g/mol. The first-order chi connectivity index (χ1) is 14.5. The Balaban J connectivity index is 0.00000124. The Labute approximate surface area is 176 Å². The number of fused-ring (bicyclic) bond motifs is 1. The molecule has 2 heterocycles. The zero-order valence-corrected chi connectivity index (χ0v) is 17.5. The van der Waals surface area contributed by atoms with E-state index in [1.54, 1.807) is 6.20 Å². The average Bonchev–Trinajstić information content (AvgIpc) is 2.80. The fraction of sp³-hybridized carbons (Fsp3) is 0.200. The summed E-state index contributed by atoms with van der Waals surface area (Å²) >= 11 is 0. The normalized spacial score (nSPS) is 11.8. The van der Waals surface area contributed by atoms with Crippen LogP contribution in [0.25, 0.3) is 33.3 Å². The van der Waals surface area contributed by atoms with Gasteiger partial charge in [-0.2, -0.15) is 0 Å². The van der Waals surface area contributed by atoms with Crippen molar-refractivity contribution in [3.63, 3.8) is 0 Å². The number of H-pyrrole nitrogens is 1. The molecule has 0 radical (unpaired) electrons. The summed E-state index contributed by atoms with van der Waals surface area (Å²) in [6.07, 6.45) is 1.63. The van der Waals surface area contributed by atoms with Gasteiger partial charge in [0.1, 0.15) is 0 Å². The van der Waals surface area contributed by atoms with Gasteiger partial charge in [-0.05, 0) is 29.2 Å². The number of aliphatic hydroxyl groups excluding tert-OH is 1. The zero-order chi connectivity index (χ0) is 21.7. The van der Waals surface area contributed by atoms with Crippen LogP contribution in [0.4, 0.5) is 0 Å². The number of hydrogen-bond donors (Lipinski definition) is 3.